The second-order valence-electron chi connectivity index (χ2n) is 13.0. The first-order valence-corrected chi connectivity index (χ1v) is 19.5. The normalized spacial score (nSPS) is 13.0. The Kier molecular flexibility index (Phi) is 33.3. The van der Waals surface area contributed by atoms with Crippen LogP contribution in [-0.2, 0) is 23.9 Å². The number of unbranched alkanes of at least 4 members (excludes halogenated alkanes) is 14. The molecular formula is C41H70N2O7. The van der Waals surface area contributed by atoms with E-state index in [2.05, 4.69) is 67.0 Å². The number of allylic oxidation sites excluding steroid dienone is 7. The zero-order valence-corrected chi connectivity index (χ0v) is 31.4. The van der Waals surface area contributed by atoms with E-state index in [0.717, 1.165) is 70.6 Å². The first-order chi connectivity index (χ1) is 24.3. The zero-order valence-electron chi connectivity index (χ0n) is 31.4. The minimum absolute atomic E-state index is 0.122. The van der Waals surface area contributed by atoms with Gasteiger partial charge in [-0.25, -0.2) is 4.79 Å². The summed E-state index contributed by atoms with van der Waals surface area (Å²) in [5.41, 5.74) is 0. The number of esters is 1. The van der Waals surface area contributed by atoms with Crippen molar-refractivity contribution in [3.05, 3.63) is 48.6 Å². The maximum Gasteiger partial charge on any atom is 0.328 e. The molecule has 2 atom stereocenters. The number of carbonyl (C=O) groups is 4. The highest BCUT2D eigenvalue weighted by Gasteiger charge is 2.18. The van der Waals surface area contributed by atoms with Gasteiger partial charge in [0.1, 0.15) is 12.1 Å². The van der Waals surface area contributed by atoms with Gasteiger partial charge in [0, 0.05) is 12.8 Å². The van der Waals surface area contributed by atoms with E-state index < -0.39 is 24.5 Å². The van der Waals surface area contributed by atoms with Crippen molar-refractivity contribution in [2.75, 3.05) is 13.2 Å². The number of amides is 2. The van der Waals surface area contributed by atoms with Crippen LogP contribution in [0.3, 0.4) is 0 Å². The lowest BCUT2D eigenvalue weighted by Gasteiger charge is -2.15. The van der Waals surface area contributed by atoms with Crippen molar-refractivity contribution in [2.24, 2.45) is 0 Å². The van der Waals surface area contributed by atoms with Crippen molar-refractivity contribution in [2.45, 2.75) is 174 Å². The summed E-state index contributed by atoms with van der Waals surface area (Å²) in [4.78, 5) is 47.3. The molecule has 0 spiro atoms. The molecule has 0 saturated carbocycles. The van der Waals surface area contributed by atoms with E-state index in [1.54, 1.807) is 0 Å². The Morgan fingerprint density at radius 1 is 0.620 bits per heavy atom. The molecule has 0 fully saturated rings. The van der Waals surface area contributed by atoms with Crippen molar-refractivity contribution in [1.29, 1.82) is 0 Å². The predicted molar refractivity (Wildman–Crippen MR) is 204 cm³/mol. The molecule has 0 rings (SSSR count). The van der Waals surface area contributed by atoms with Crippen LogP contribution in [0.5, 0.6) is 0 Å². The molecule has 4 N–H and O–H groups in total. The van der Waals surface area contributed by atoms with Gasteiger partial charge in [-0.2, -0.15) is 0 Å². The SMILES string of the molecule is CC/C=C\C/C=C\C/C=C\C/C=C\C(CCCCCCCC(=O)NCC(=O)NC(CO)C(=O)O)OC(=O)CCCCCCCCCCCCC. The molecule has 0 aliphatic rings. The minimum atomic E-state index is -1.39. The second-order valence-corrected chi connectivity index (χ2v) is 13.0. The van der Waals surface area contributed by atoms with E-state index in [-0.39, 0.29) is 30.9 Å². The highest BCUT2D eigenvalue weighted by Crippen LogP contribution is 2.15. The molecule has 0 heterocycles. The Morgan fingerprint density at radius 2 is 1.12 bits per heavy atom. The van der Waals surface area contributed by atoms with Crippen molar-refractivity contribution in [3.63, 3.8) is 0 Å². The van der Waals surface area contributed by atoms with E-state index in [4.69, 9.17) is 14.9 Å². The minimum Gasteiger partial charge on any atom is -0.480 e. The molecule has 286 valence electrons. The zero-order chi connectivity index (χ0) is 36.9. The summed E-state index contributed by atoms with van der Waals surface area (Å²) >= 11 is 0. The number of hydrogen-bond acceptors (Lipinski definition) is 6. The molecule has 2 unspecified atom stereocenters. The molecule has 0 bridgehead atoms. The van der Waals surface area contributed by atoms with E-state index in [1.807, 2.05) is 6.08 Å². The van der Waals surface area contributed by atoms with Gasteiger partial charge in [0.2, 0.25) is 11.8 Å². The van der Waals surface area contributed by atoms with E-state index in [0.29, 0.717) is 12.8 Å². The Hall–Kier alpha value is -3.20. The van der Waals surface area contributed by atoms with Gasteiger partial charge in [0.25, 0.3) is 0 Å². The topological polar surface area (TPSA) is 142 Å². The third-order valence-corrected chi connectivity index (χ3v) is 8.32. The van der Waals surface area contributed by atoms with Crippen molar-refractivity contribution in [1.82, 2.24) is 10.6 Å². The van der Waals surface area contributed by atoms with Crippen LogP contribution >= 0.6 is 0 Å². The van der Waals surface area contributed by atoms with Gasteiger partial charge in [-0.15, -0.1) is 0 Å². The fourth-order valence-electron chi connectivity index (χ4n) is 5.33. The molecular weight excluding hydrogens is 632 g/mol. The molecule has 0 aliphatic carbocycles. The van der Waals surface area contributed by atoms with Gasteiger partial charge in [-0.05, 0) is 57.4 Å². The number of rotatable bonds is 34. The predicted octanol–water partition coefficient (Wildman–Crippen LogP) is 8.81. The Labute approximate surface area is 303 Å². The van der Waals surface area contributed by atoms with Crippen LogP contribution in [-0.4, -0.2) is 59.3 Å². The molecule has 2 amide bonds. The third kappa shape index (κ3) is 32.0. The highest BCUT2D eigenvalue weighted by atomic mass is 16.5. The van der Waals surface area contributed by atoms with Crippen LogP contribution in [0.15, 0.2) is 48.6 Å². The molecule has 0 saturated heterocycles. The maximum absolute atomic E-state index is 12.7. The number of carboxylic acids is 1. The van der Waals surface area contributed by atoms with Gasteiger partial charge in [0.05, 0.1) is 13.2 Å². The third-order valence-electron chi connectivity index (χ3n) is 8.32. The lowest BCUT2D eigenvalue weighted by molar-refractivity contribution is -0.147. The van der Waals surface area contributed by atoms with Gasteiger partial charge >= 0.3 is 11.9 Å². The molecule has 50 heavy (non-hydrogen) atoms. The van der Waals surface area contributed by atoms with Crippen molar-refractivity contribution in [3.8, 4) is 0 Å². The second kappa shape index (κ2) is 35.6. The average Bonchev–Trinajstić information content (AvgIpc) is 3.10. The fourth-order valence-corrected chi connectivity index (χ4v) is 5.33. The number of carbonyl (C=O) groups excluding carboxylic acids is 3. The highest BCUT2D eigenvalue weighted by molar-refractivity contribution is 5.87. The monoisotopic (exact) mass is 703 g/mol. The molecule has 9 heteroatoms. The summed E-state index contributed by atoms with van der Waals surface area (Å²) in [7, 11) is 0. The lowest BCUT2D eigenvalue weighted by Crippen LogP contribution is -2.47. The standard InChI is InChI=1S/C41H70N2O7/c1-3-5-7-9-11-13-15-17-19-22-26-30-36(50-40(47)33-29-25-20-18-16-14-12-10-8-6-4-2)31-27-23-21-24-28-32-38(45)42-34-39(46)43-37(35-44)41(48)49/h5,7,11,13,17,19,26,30,36-37,44H,3-4,6,8-10,12,14-16,18,20-25,27-29,31-35H2,1-2H3,(H,42,45)(H,43,46)(H,48,49)/b7-5-,13-11-,19-17-,30-26-. The number of hydrogen-bond donors (Lipinski definition) is 4. The molecule has 0 aromatic carbocycles. The van der Waals surface area contributed by atoms with Crippen LogP contribution in [0.4, 0.5) is 0 Å². The summed E-state index contributed by atoms with van der Waals surface area (Å²) in [5, 5.41) is 22.5. The number of aliphatic carboxylic acids is 1. The van der Waals surface area contributed by atoms with E-state index in [9.17, 15) is 19.2 Å². The van der Waals surface area contributed by atoms with Gasteiger partial charge in [-0.3, -0.25) is 14.4 Å². The molecule has 0 aromatic heterocycles. The summed E-state index contributed by atoms with van der Waals surface area (Å²) < 4.78 is 5.88. The quantitative estimate of drug-likeness (QED) is 0.0298. The van der Waals surface area contributed by atoms with Crippen molar-refractivity contribution >= 4 is 23.8 Å². The van der Waals surface area contributed by atoms with Gasteiger partial charge in [0.15, 0.2) is 0 Å². The molecule has 0 aliphatic heterocycles. The molecule has 0 radical (unpaired) electrons. The average molecular weight is 703 g/mol. The van der Waals surface area contributed by atoms with Crippen molar-refractivity contribution < 1.29 is 34.1 Å². The summed E-state index contributed by atoms with van der Waals surface area (Å²) in [6.45, 7) is 3.32. The van der Waals surface area contributed by atoms with Crippen LogP contribution in [0.2, 0.25) is 0 Å². The number of nitrogens with one attached hydrogen (secondary N) is 2. The lowest BCUT2D eigenvalue weighted by atomic mass is 10.1. The Morgan fingerprint density at radius 3 is 1.66 bits per heavy atom. The number of carboxylic acid groups (broad SMARTS) is 1. The van der Waals surface area contributed by atoms with E-state index >= 15 is 0 Å². The Balaban J connectivity index is 4.45. The summed E-state index contributed by atoms with van der Waals surface area (Å²) in [5.74, 6) is -2.40. The maximum atomic E-state index is 12.7. The van der Waals surface area contributed by atoms with Crippen LogP contribution in [0, 0.1) is 0 Å². The summed E-state index contributed by atoms with van der Waals surface area (Å²) in [6, 6.07) is -1.39. The Bertz CT molecular complexity index is 989. The van der Waals surface area contributed by atoms with Crippen LogP contribution < -0.4 is 10.6 Å². The van der Waals surface area contributed by atoms with E-state index in [1.165, 1.54) is 57.8 Å². The number of aliphatic hydroxyl groups excluding tert-OH is 1. The van der Waals surface area contributed by atoms with Crippen LogP contribution in [0.25, 0.3) is 0 Å². The summed E-state index contributed by atoms with van der Waals surface area (Å²) in [6.07, 6.45) is 40.1. The first-order valence-electron chi connectivity index (χ1n) is 19.5. The van der Waals surface area contributed by atoms with Gasteiger partial charge in [-0.1, -0.05) is 140 Å². The smallest absolute Gasteiger partial charge is 0.328 e. The molecule has 0 aromatic rings. The molecule has 9 nitrogen and oxygen atoms in total. The largest absolute Gasteiger partial charge is 0.480 e. The number of aliphatic hydroxyl groups is 1. The fraction of sp³-hybridized carbons (Fsp3) is 0.707. The first kappa shape index (κ1) is 46.8. The van der Waals surface area contributed by atoms with Gasteiger partial charge < -0.3 is 25.6 Å². The van der Waals surface area contributed by atoms with Crippen LogP contribution in [0.1, 0.15) is 162 Å². The number of ether oxygens (including phenoxy) is 1.